The minimum absolute atomic E-state index is 0.236. The fourth-order valence-corrected chi connectivity index (χ4v) is 11.8. The van der Waals surface area contributed by atoms with E-state index in [1.807, 2.05) is 6.08 Å². The van der Waals surface area contributed by atoms with Crippen molar-refractivity contribution in [2.24, 2.45) is 0 Å². The van der Waals surface area contributed by atoms with Crippen LogP contribution >= 0.6 is 0 Å². The average Bonchev–Trinajstić information content (AvgIpc) is 2.84. The predicted molar refractivity (Wildman–Crippen MR) is 337 cm³/mol. The lowest BCUT2D eigenvalue weighted by Crippen LogP contribution is -2.66. The molecule has 17 atom stereocenters. The third-order valence-electron chi connectivity index (χ3n) is 17.4. The highest BCUT2D eigenvalue weighted by atomic mass is 16.8. The Morgan fingerprint density at radius 2 is 0.736 bits per heavy atom. The van der Waals surface area contributed by atoms with Gasteiger partial charge in [-0.25, -0.2) is 0 Å². The summed E-state index contributed by atoms with van der Waals surface area (Å²) in [7, 11) is 0. The van der Waals surface area contributed by atoms with Gasteiger partial charge in [0.15, 0.2) is 18.9 Å². The summed E-state index contributed by atoms with van der Waals surface area (Å²) in [5, 5.41) is 120. The molecule has 3 aliphatic rings. The van der Waals surface area contributed by atoms with Crippen molar-refractivity contribution in [3.05, 3.63) is 36.5 Å². The van der Waals surface area contributed by atoms with Crippen LogP contribution in [0.15, 0.2) is 36.5 Å². The fraction of sp³-hybridized carbons (Fsp3) is 0.897. The van der Waals surface area contributed by atoms with Crippen molar-refractivity contribution >= 4 is 5.91 Å². The van der Waals surface area contributed by atoms with Gasteiger partial charge in [-0.15, -0.1) is 0 Å². The maximum Gasteiger partial charge on any atom is 0.220 e. The molecule has 1 amide bonds. The SMILES string of the molecule is CCCCCC/C=C/CC/C=C/CC/C=C/C(O)C(COC1OC(CO)C(OC2OC(CO)C(OC3OC(CO)C(O)C(O)C3O)C(O)C2O)C(O)C1O)NC(=O)CCCCCCCCCCCCCCCCCCCCCCCCCCCCCC. The molecule has 19 nitrogen and oxygen atoms in total. The number of carbonyl (C=O) groups excluding carboxylic acids is 1. The monoisotopic (exact) mass is 1240 g/mol. The Labute approximate surface area is 523 Å². The molecule has 3 heterocycles. The summed E-state index contributed by atoms with van der Waals surface area (Å²) in [5.74, 6) is -0.286. The molecular weight excluding hydrogens is 1120 g/mol. The Morgan fingerprint density at radius 3 is 1.15 bits per heavy atom. The van der Waals surface area contributed by atoms with E-state index in [0.29, 0.717) is 12.8 Å². The van der Waals surface area contributed by atoms with Gasteiger partial charge < -0.3 is 89.9 Å². The molecule has 87 heavy (non-hydrogen) atoms. The molecule has 0 aromatic heterocycles. The van der Waals surface area contributed by atoms with E-state index in [-0.39, 0.29) is 18.9 Å². The van der Waals surface area contributed by atoms with E-state index in [9.17, 15) is 61.0 Å². The summed E-state index contributed by atoms with van der Waals surface area (Å²) in [6.45, 7) is 1.70. The van der Waals surface area contributed by atoms with Crippen LogP contribution in [-0.4, -0.2) is 193 Å². The number of aliphatic hydroxyl groups is 11. The van der Waals surface area contributed by atoms with Crippen LogP contribution in [0.4, 0.5) is 0 Å². The Kier molecular flexibility index (Phi) is 46.0. The van der Waals surface area contributed by atoms with Crippen LogP contribution in [0.2, 0.25) is 0 Å². The van der Waals surface area contributed by atoms with Gasteiger partial charge in [-0.05, 0) is 44.9 Å². The molecule has 0 saturated carbocycles. The minimum atomic E-state index is -1.98. The topological polar surface area (TPSA) is 307 Å². The van der Waals surface area contributed by atoms with Gasteiger partial charge in [-0.3, -0.25) is 4.79 Å². The summed E-state index contributed by atoms with van der Waals surface area (Å²) < 4.78 is 34.3. The summed E-state index contributed by atoms with van der Waals surface area (Å²) in [6, 6.07) is -0.993. The maximum atomic E-state index is 13.4. The zero-order valence-electron chi connectivity index (χ0n) is 53.8. The van der Waals surface area contributed by atoms with Crippen LogP contribution in [0, 0.1) is 0 Å². The van der Waals surface area contributed by atoms with Crippen molar-refractivity contribution in [2.45, 2.75) is 362 Å². The van der Waals surface area contributed by atoms with Crippen molar-refractivity contribution in [2.75, 3.05) is 26.4 Å². The standard InChI is InChI=1S/C68H125NO18/c1-3-5-7-9-11-13-15-17-19-20-21-22-23-24-25-26-27-28-29-30-31-32-34-36-38-40-42-44-46-56(74)69-51(52(73)45-43-41-39-37-35-33-18-16-14-12-10-8-6-4-2)50-82-66-62(80)59(77)64(54(48-71)84-66)87-68-63(81)60(78)65(55(49-72)85-68)86-67-61(79)58(76)57(75)53(47-70)83-67/h14,16,35,37,43,45,51-55,57-68,70-73,75-81H,3-13,15,17-34,36,38-42,44,46-50H2,1-2H3,(H,69,74)/b16-14+,37-35+,45-43+. The highest BCUT2D eigenvalue weighted by molar-refractivity contribution is 5.76. The average molecular weight is 1240 g/mol. The lowest BCUT2D eigenvalue weighted by molar-refractivity contribution is -0.379. The third-order valence-corrected chi connectivity index (χ3v) is 17.4. The number of hydrogen-bond donors (Lipinski definition) is 12. The van der Waals surface area contributed by atoms with Crippen molar-refractivity contribution in [1.29, 1.82) is 0 Å². The number of carbonyl (C=O) groups is 1. The number of nitrogens with one attached hydrogen (secondary N) is 1. The second kappa shape index (κ2) is 50.6. The molecule has 0 aromatic rings. The van der Waals surface area contributed by atoms with Crippen LogP contribution < -0.4 is 5.32 Å². The van der Waals surface area contributed by atoms with Gasteiger partial charge in [0, 0.05) is 6.42 Å². The minimum Gasteiger partial charge on any atom is -0.394 e. The first-order valence-electron chi connectivity index (χ1n) is 34.7. The molecule has 0 aromatic carbocycles. The van der Waals surface area contributed by atoms with Gasteiger partial charge in [-0.2, -0.15) is 0 Å². The Hall–Kier alpha value is -1.99. The van der Waals surface area contributed by atoms with Gasteiger partial charge >= 0.3 is 0 Å². The van der Waals surface area contributed by atoms with Gasteiger partial charge in [0.25, 0.3) is 0 Å². The van der Waals surface area contributed by atoms with Gasteiger partial charge in [0.1, 0.15) is 73.2 Å². The highest BCUT2D eigenvalue weighted by Gasteiger charge is 2.53. The molecular formula is C68H125NO18. The van der Waals surface area contributed by atoms with Crippen molar-refractivity contribution in [1.82, 2.24) is 5.32 Å². The van der Waals surface area contributed by atoms with Crippen molar-refractivity contribution < 1.29 is 89.4 Å². The Bertz CT molecular complexity index is 1720. The second-order valence-electron chi connectivity index (χ2n) is 25.0. The Morgan fingerprint density at radius 1 is 0.402 bits per heavy atom. The fourth-order valence-electron chi connectivity index (χ4n) is 11.8. The van der Waals surface area contributed by atoms with Crippen molar-refractivity contribution in [3.8, 4) is 0 Å². The summed E-state index contributed by atoms with van der Waals surface area (Å²) in [4.78, 5) is 13.4. The quantitative estimate of drug-likeness (QED) is 0.0200. The van der Waals surface area contributed by atoms with Gasteiger partial charge in [0.05, 0.1) is 38.6 Å². The molecule has 0 bridgehead atoms. The second-order valence-corrected chi connectivity index (χ2v) is 25.0. The van der Waals surface area contributed by atoms with E-state index in [4.69, 9.17) is 28.4 Å². The molecule has 510 valence electrons. The summed E-state index contributed by atoms with van der Waals surface area (Å²) in [6.07, 6.45) is 31.5. The van der Waals surface area contributed by atoms with Crippen LogP contribution in [0.25, 0.3) is 0 Å². The van der Waals surface area contributed by atoms with Gasteiger partial charge in [-0.1, -0.05) is 243 Å². The molecule has 12 N–H and O–H groups in total. The number of hydrogen-bond acceptors (Lipinski definition) is 18. The third kappa shape index (κ3) is 32.9. The van der Waals surface area contributed by atoms with Crippen LogP contribution in [0.1, 0.15) is 258 Å². The smallest absolute Gasteiger partial charge is 0.220 e. The van der Waals surface area contributed by atoms with E-state index in [1.54, 1.807) is 6.08 Å². The molecule has 3 rings (SSSR count). The lowest BCUT2D eigenvalue weighted by Gasteiger charge is -2.48. The summed E-state index contributed by atoms with van der Waals surface area (Å²) >= 11 is 0. The first-order valence-corrected chi connectivity index (χ1v) is 34.7. The normalized spacial score (nSPS) is 28.8. The number of ether oxygens (including phenoxy) is 6. The predicted octanol–water partition coefficient (Wildman–Crippen LogP) is 8.83. The molecule has 0 spiro atoms. The van der Waals surface area contributed by atoms with Gasteiger partial charge in [0.2, 0.25) is 5.91 Å². The molecule has 3 fully saturated rings. The van der Waals surface area contributed by atoms with Crippen molar-refractivity contribution in [3.63, 3.8) is 0 Å². The van der Waals surface area contributed by atoms with E-state index < -0.39 is 124 Å². The van der Waals surface area contributed by atoms with E-state index in [1.165, 1.54) is 180 Å². The van der Waals surface area contributed by atoms with E-state index >= 15 is 0 Å². The zero-order valence-corrected chi connectivity index (χ0v) is 53.8. The largest absolute Gasteiger partial charge is 0.394 e. The highest BCUT2D eigenvalue weighted by Crippen LogP contribution is 2.33. The maximum absolute atomic E-state index is 13.4. The molecule has 0 radical (unpaired) electrons. The molecule has 0 aliphatic carbocycles. The van der Waals surface area contributed by atoms with E-state index in [2.05, 4.69) is 43.5 Å². The number of allylic oxidation sites excluding steroid dienone is 5. The number of aliphatic hydroxyl groups excluding tert-OH is 11. The Balaban J connectivity index is 1.40. The number of rotatable bonds is 53. The zero-order chi connectivity index (χ0) is 63.3. The molecule has 19 heteroatoms. The number of amides is 1. The first kappa shape index (κ1) is 79.2. The number of unbranched alkanes of at least 4 members (excludes halogenated alkanes) is 33. The first-order chi connectivity index (χ1) is 42.3. The van der Waals surface area contributed by atoms with E-state index in [0.717, 1.165) is 44.9 Å². The molecule has 3 aliphatic heterocycles. The van der Waals surface area contributed by atoms with Crippen LogP contribution in [0.3, 0.4) is 0 Å². The molecule has 3 saturated heterocycles. The summed E-state index contributed by atoms with van der Waals surface area (Å²) in [5.41, 5.74) is 0. The molecule has 17 unspecified atom stereocenters. The van der Waals surface area contributed by atoms with Crippen LogP contribution in [0.5, 0.6) is 0 Å². The lowest BCUT2D eigenvalue weighted by atomic mass is 9.96. The van der Waals surface area contributed by atoms with Crippen LogP contribution in [-0.2, 0) is 33.2 Å².